The van der Waals surface area contributed by atoms with E-state index in [2.05, 4.69) is 152 Å². The fraction of sp³-hybridized carbons (Fsp3) is 0.0200. The second kappa shape index (κ2) is 12.2. The molecule has 1 spiro atoms. The van der Waals surface area contributed by atoms with Crippen LogP contribution in [0.15, 0.2) is 198 Å². The number of aromatic nitrogens is 3. The van der Waals surface area contributed by atoms with Crippen LogP contribution < -0.4 is 0 Å². The van der Waals surface area contributed by atoms with Gasteiger partial charge in [0.1, 0.15) is 0 Å². The van der Waals surface area contributed by atoms with E-state index in [9.17, 15) is 0 Å². The van der Waals surface area contributed by atoms with Crippen LogP contribution in [0.2, 0.25) is 0 Å². The Bertz CT molecular complexity index is 2820. The van der Waals surface area contributed by atoms with Gasteiger partial charge in [-0.2, -0.15) is 0 Å². The predicted molar refractivity (Wildman–Crippen MR) is 221 cm³/mol. The van der Waals surface area contributed by atoms with Gasteiger partial charge in [0.15, 0.2) is 17.5 Å². The summed E-state index contributed by atoms with van der Waals surface area (Å²) >= 11 is 1.87. The second-order valence-electron chi connectivity index (χ2n) is 13.9. The van der Waals surface area contributed by atoms with Crippen molar-refractivity contribution < 1.29 is 0 Å². The van der Waals surface area contributed by atoms with E-state index in [0.717, 1.165) is 38.6 Å². The molecule has 1 aliphatic carbocycles. The van der Waals surface area contributed by atoms with Crippen LogP contribution in [0, 0.1) is 0 Å². The molecular formula is C50H31N3S. The standard InChI is InChI=1S/C50H31N3S/c1-3-17-33(18-4-1)47-51-48(34-19-5-2-6-20-34)53-49(52-47)45-35-21-8-7-16-32(35)30-31-38(45)39-24-15-28-43-46(39)54-44-29-14-13-27-42(44)50(43)40-25-11-9-22-36(40)37-23-10-12-26-41(37)50/h1-31H. The van der Waals surface area contributed by atoms with Gasteiger partial charge in [-0.05, 0) is 61.3 Å². The number of fused-ring (bicyclic) bond motifs is 10. The summed E-state index contributed by atoms with van der Waals surface area (Å²) in [6, 6.07) is 67.3. The van der Waals surface area contributed by atoms with Gasteiger partial charge in [0, 0.05) is 26.5 Å². The van der Waals surface area contributed by atoms with Crippen LogP contribution in [0.3, 0.4) is 0 Å². The first-order valence-corrected chi connectivity index (χ1v) is 19.1. The molecule has 2 heterocycles. The molecular weight excluding hydrogens is 675 g/mol. The third-order valence-electron chi connectivity index (χ3n) is 11.0. The number of hydrogen-bond acceptors (Lipinski definition) is 4. The lowest BCUT2D eigenvalue weighted by atomic mass is 9.67. The Morgan fingerprint density at radius 1 is 0.352 bits per heavy atom. The van der Waals surface area contributed by atoms with Crippen molar-refractivity contribution >= 4 is 22.5 Å². The van der Waals surface area contributed by atoms with Gasteiger partial charge in [-0.15, -0.1) is 0 Å². The maximum atomic E-state index is 5.29. The Labute approximate surface area is 318 Å². The average molecular weight is 706 g/mol. The molecule has 1 aliphatic heterocycles. The lowest BCUT2D eigenvalue weighted by molar-refractivity contribution is 0.723. The summed E-state index contributed by atoms with van der Waals surface area (Å²) in [5.74, 6) is 1.95. The summed E-state index contributed by atoms with van der Waals surface area (Å²) in [6.07, 6.45) is 0. The molecule has 0 unspecified atom stereocenters. The van der Waals surface area contributed by atoms with Crippen molar-refractivity contribution in [1.82, 2.24) is 15.0 Å². The van der Waals surface area contributed by atoms with Crippen molar-refractivity contribution in [3.05, 3.63) is 210 Å². The highest BCUT2D eigenvalue weighted by Gasteiger charge is 2.50. The van der Waals surface area contributed by atoms with Crippen LogP contribution in [-0.2, 0) is 5.41 Å². The molecule has 252 valence electrons. The first-order valence-electron chi connectivity index (χ1n) is 18.3. The van der Waals surface area contributed by atoms with Crippen molar-refractivity contribution in [3.63, 3.8) is 0 Å². The topological polar surface area (TPSA) is 38.7 Å². The quantitative estimate of drug-likeness (QED) is 0.183. The minimum atomic E-state index is -0.467. The molecule has 11 rings (SSSR count). The highest BCUT2D eigenvalue weighted by atomic mass is 32.2. The van der Waals surface area contributed by atoms with Gasteiger partial charge in [0.25, 0.3) is 0 Å². The zero-order valence-corrected chi connectivity index (χ0v) is 30.0. The van der Waals surface area contributed by atoms with Gasteiger partial charge in [-0.25, -0.2) is 15.0 Å². The van der Waals surface area contributed by atoms with Crippen LogP contribution >= 0.6 is 11.8 Å². The van der Waals surface area contributed by atoms with Crippen LogP contribution in [-0.4, -0.2) is 15.0 Å². The SMILES string of the molecule is c1ccc(-c2nc(-c3ccccc3)nc(-c3c(-c4cccc5c4Sc4ccccc4C54c5ccccc5-c5ccccc54)ccc4ccccc34)n2)cc1. The van der Waals surface area contributed by atoms with Gasteiger partial charge in [0.05, 0.1) is 5.41 Å². The highest BCUT2D eigenvalue weighted by Crippen LogP contribution is 2.63. The molecule has 0 amide bonds. The Kier molecular flexibility index (Phi) is 7.01. The summed E-state index contributed by atoms with van der Waals surface area (Å²) < 4.78 is 0. The van der Waals surface area contributed by atoms with Crippen molar-refractivity contribution in [1.29, 1.82) is 0 Å². The largest absolute Gasteiger partial charge is 0.208 e. The third kappa shape index (κ3) is 4.54. The van der Waals surface area contributed by atoms with Gasteiger partial charge < -0.3 is 0 Å². The first kappa shape index (κ1) is 31.0. The monoisotopic (exact) mass is 705 g/mol. The smallest absolute Gasteiger partial charge is 0.165 e. The molecule has 0 saturated heterocycles. The molecule has 0 fully saturated rings. The van der Waals surface area contributed by atoms with E-state index in [4.69, 9.17) is 15.0 Å². The van der Waals surface area contributed by atoms with E-state index in [1.165, 1.54) is 43.2 Å². The van der Waals surface area contributed by atoms with Crippen molar-refractivity contribution in [2.45, 2.75) is 15.2 Å². The molecule has 1 aromatic heterocycles. The lowest BCUT2D eigenvalue weighted by Gasteiger charge is -2.40. The molecule has 0 bridgehead atoms. The molecule has 3 nitrogen and oxygen atoms in total. The normalized spacial score (nSPS) is 13.3. The van der Waals surface area contributed by atoms with Crippen molar-refractivity contribution in [2.75, 3.05) is 0 Å². The van der Waals surface area contributed by atoms with Crippen LogP contribution in [0.25, 0.3) is 67.2 Å². The Morgan fingerprint density at radius 3 is 1.56 bits per heavy atom. The zero-order valence-electron chi connectivity index (χ0n) is 29.1. The summed E-state index contributed by atoms with van der Waals surface area (Å²) in [5, 5.41) is 2.24. The molecule has 0 radical (unpaired) electrons. The number of benzene rings is 8. The second-order valence-corrected chi connectivity index (χ2v) is 14.9. The summed E-state index contributed by atoms with van der Waals surface area (Å²) in [7, 11) is 0. The zero-order chi connectivity index (χ0) is 35.6. The summed E-state index contributed by atoms with van der Waals surface area (Å²) in [5.41, 5.74) is 12.6. The van der Waals surface area contributed by atoms with E-state index in [1.54, 1.807) is 0 Å². The fourth-order valence-corrected chi connectivity index (χ4v) is 10.1. The highest BCUT2D eigenvalue weighted by molar-refractivity contribution is 7.99. The molecule has 54 heavy (non-hydrogen) atoms. The van der Waals surface area contributed by atoms with E-state index < -0.39 is 5.41 Å². The van der Waals surface area contributed by atoms with Crippen LogP contribution in [0.4, 0.5) is 0 Å². The summed E-state index contributed by atoms with van der Waals surface area (Å²) in [4.78, 5) is 18.1. The molecule has 2 aliphatic rings. The molecule has 9 aromatic rings. The molecule has 8 aromatic carbocycles. The molecule has 4 heteroatoms. The number of nitrogens with zero attached hydrogens (tertiary/aromatic N) is 3. The third-order valence-corrected chi connectivity index (χ3v) is 12.2. The van der Waals surface area contributed by atoms with Gasteiger partial charge in [0.2, 0.25) is 0 Å². The molecule has 0 N–H and O–H groups in total. The molecule has 0 saturated carbocycles. The van der Waals surface area contributed by atoms with Crippen molar-refractivity contribution in [2.24, 2.45) is 0 Å². The Balaban J connectivity index is 1.23. The average Bonchev–Trinajstić information content (AvgIpc) is 3.54. The number of rotatable bonds is 4. The van der Waals surface area contributed by atoms with Gasteiger partial charge >= 0.3 is 0 Å². The predicted octanol–water partition coefficient (Wildman–Crippen LogP) is 12.5. The van der Waals surface area contributed by atoms with Gasteiger partial charge in [-0.1, -0.05) is 194 Å². The molecule has 0 atom stereocenters. The van der Waals surface area contributed by atoms with E-state index in [0.29, 0.717) is 17.5 Å². The Morgan fingerprint density at radius 2 is 0.870 bits per heavy atom. The van der Waals surface area contributed by atoms with E-state index >= 15 is 0 Å². The van der Waals surface area contributed by atoms with E-state index in [1.807, 2.05) is 48.2 Å². The summed E-state index contributed by atoms with van der Waals surface area (Å²) in [6.45, 7) is 0. The minimum absolute atomic E-state index is 0.467. The van der Waals surface area contributed by atoms with Crippen molar-refractivity contribution in [3.8, 4) is 56.4 Å². The Hall–Kier alpha value is -6.62. The van der Waals surface area contributed by atoms with Crippen LogP contribution in [0.5, 0.6) is 0 Å². The van der Waals surface area contributed by atoms with Crippen LogP contribution in [0.1, 0.15) is 22.3 Å². The lowest BCUT2D eigenvalue weighted by Crippen LogP contribution is -2.32. The first-order chi connectivity index (χ1) is 26.8. The minimum Gasteiger partial charge on any atom is -0.208 e. The van der Waals surface area contributed by atoms with Gasteiger partial charge in [-0.3, -0.25) is 0 Å². The fourth-order valence-electron chi connectivity index (χ4n) is 8.75. The maximum absolute atomic E-state index is 5.29. The maximum Gasteiger partial charge on any atom is 0.165 e. The van der Waals surface area contributed by atoms with E-state index in [-0.39, 0.29) is 0 Å². The number of hydrogen-bond donors (Lipinski definition) is 0.